The van der Waals surface area contributed by atoms with Gasteiger partial charge in [-0.15, -0.1) is 0 Å². The van der Waals surface area contributed by atoms with Crippen molar-refractivity contribution in [2.45, 2.75) is 12.5 Å². The molecule has 3 rings (SSSR count). The number of nitrogens with zero attached hydrogens (tertiary/aromatic N) is 1. The van der Waals surface area contributed by atoms with E-state index in [1.807, 2.05) is 18.2 Å². The molecule has 1 saturated heterocycles. The molecule has 1 aliphatic heterocycles. The van der Waals surface area contributed by atoms with Gasteiger partial charge in [0.2, 0.25) is 0 Å². The van der Waals surface area contributed by atoms with Crippen molar-refractivity contribution >= 4 is 11.1 Å². The van der Waals surface area contributed by atoms with Gasteiger partial charge in [-0.05, 0) is 24.1 Å². The molecule has 5 heteroatoms. The van der Waals surface area contributed by atoms with Gasteiger partial charge in [0, 0.05) is 19.6 Å². The van der Waals surface area contributed by atoms with Crippen molar-refractivity contribution in [3.63, 3.8) is 0 Å². The zero-order valence-electron chi connectivity index (χ0n) is 10.3. The first-order valence-electron chi connectivity index (χ1n) is 6.13. The van der Waals surface area contributed by atoms with Gasteiger partial charge in [0.1, 0.15) is 0 Å². The van der Waals surface area contributed by atoms with E-state index >= 15 is 0 Å². The van der Waals surface area contributed by atoms with Crippen molar-refractivity contribution in [3.8, 4) is 0 Å². The Hall–Kier alpha value is -1.59. The Morgan fingerprint density at radius 1 is 1.50 bits per heavy atom. The first-order valence-corrected chi connectivity index (χ1v) is 6.13. The lowest BCUT2D eigenvalue weighted by Crippen LogP contribution is -2.42. The van der Waals surface area contributed by atoms with Crippen LogP contribution in [0.5, 0.6) is 0 Å². The van der Waals surface area contributed by atoms with E-state index in [1.54, 1.807) is 7.05 Å². The van der Waals surface area contributed by atoms with Crippen LogP contribution in [0.3, 0.4) is 0 Å². The van der Waals surface area contributed by atoms with E-state index in [2.05, 4.69) is 5.32 Å². The number of benzene rings is 1. The van der Waals surface area contributed by atoms with E-state index in [-0.39, 0.29) is 5.76 Å². The minimum Gasteiger partial charge on any atom is -0.408 e. The highest BCUT2D eigenvalue weighted by Crippen LogP contribution is 2.16. The quantitative estimate of drug-likeness (QED) is 0.848. The topological polar surface area (TPSA) is 56.4 Å². The van der Waals surface area contributed by atoms with Crippen LogP contribution in [0, 0.1) is 0 Å². The molecular weight excluding hydrogens is 232 g/mol. The Balaban J connectivity index is 1.86. The van der Waals surface area contributed by atoms with E-state index in [0.717, 1.165) is 37.3 Å². The Kier molecular flexibility index (Phi) is 2.93. The number of nitrogens with one attached hydrogen (secondary N) is 1. The van der Waals surface area contributed by atoms with Crippen molar-refractivity contribution < 1.29 is 9.15 Å². The van der Waals surface area contributed by atoms with Crippen LogP contribution in [-0.2, 0) is 18.2 Å². The fourth-order valence-corrected chi connectivity index (χ4v) is 2.34. The smallest absolute Gasteiger partial charge is 0.408 e. The van der Waals surface area contributed by atoms with E-state index < -0.39 is 0 Å². The molecule has 1 unspecified atom stereocenters. The van der Waals surface area contributed by atoms with Gasteiger partial charge in [0.25, 0.3) is 0 Å². The van der Waals surface area contributed by atoms with Crippen LogP contribution in [0.25, 0.3) is 11.1 Å². The van der Waals surface area contributed by atoms with Crippen LogP contribution in [-0.4, -0.2) is 30.4 Å². The van der Waals surface area contributed by atoms with Crippen molar-refractivity contribution in [3.05, 3.63) is 34.3 Å². The average Bonchev–Trinajstić information content (AvgIpc) is 2.66. The molecule has 1 aromatic heterocycles. The summed E-state index contributed by atoms with van der Waals surface area (Å²) >= 11 is 0. The van der Waals surface area contributed by atoms with Crippen molar-refractivity contribution in [2.24, 2.45) is 7.05 Å². The Bertz CT molecular complexity index is 608. The monoisotopic (exact) mass is 248 g/mol. The molecule has 5 nitrogen and oxygen atoms in total. The molecule has 1 aromatic carbocycles. The molecule has 1 N–H and O–H groups in total. The fourth-order valence-electron chi connectivity index (χ4n) is 2.34. The fraction of sp³-hybridized carbons (Fsp3) is 0.462. The summed E-state index contributed by atoms with van der Waals surface area (Å²) in [5, 5.41) is 3.41. The molecule has 0 bridgehead atoms. The molecule has 1 atom stereocenters. The third-order valence-corrected chi connectivity index (χ3v) is 3.34. The number of morpholine rings is 1. The predicted octanol–water partition coefficient (Wildman–Crippen LogP) is 0.662. The van der Waals surface area contributed by atoms with E-state index in [9.17, 15) is 4.79 Å². The third-order valence-electron chi connectivity index (χ3n) is 3.34. The lowest BCUT2D eigenvalue weighted by atomic mass is 10.1. The third kappa shape index (κ3) is 2.07. The lowest BCUT2D eigenvalue weighted by Gasteiger charge is -2.23. The molecule has 0 amide bonds. The summed E-state index contributed by atoms with van der Waals surface area (Å²) in [6.07, 6.45) is 0.883. The summed E-state index contributed by atoms with van der Waals surface area (Å²) in [6, 6.07) is 6.24. The van der Waals surface area contributed by atoms with Gasteiger partial charge >= 0.3 is 5.76 Å². The molecule has 0 spiro atoms. The second kappa shape index (κ2) is 4.59. The molecule has 1 fully saturated rings. The molecule has 0 saturated carbocycles. The predicted molar refractivity (Wildman–Crippen MR) is 67.8 cm³/mol. The second-order valence-electron chi connectivity index (χ2n) is 4.66. The summed E-state index contributed by atoms with van der Waals surface area (Å²) < 4.78 is 12.1. The minimum absolute atomic E-state index is 0.318. The van der Waals surface area contributed by atoms with E-state index in [1.165, 1.54) is 4.57 Å². The highest BCUT2D eigenvalue weighted by atomic mass is 16.5. The molecule has 1 aliphatic rings. The summed E-state index contributed by atoms with van der Waals surface area (Å²) in [6.45, 7) is 2.41. The molecule has 96 valence electrons. The number of hydrogen-bond donors (Lipinski definition) is 1. The minimum atomic E-state index is -0.318. The Labute approximate surface area is 104 Å². The van der Waals surface area contributed by atoms with Crippen molar-refractivity contribution in [1.82, 2.24) is 9.88 Å². The molecule has 2 aromatic rings. The largest absolute Gasteiger partial charge is 0.419 e. The van der Waals surface area contributed by atoms with Gasteiger partial charge in [-0.25, -0.2) is 4.79 Å². The zero-order chi connectivity index (χ0) is 12.5. The zero-order valence-corrected chi connectivity index (χ0v) is 10.3. The van der Waals surface area contributed by atoms with Gasteiger partial charge in [0.15, 0.2) is 5.58 Å². The molecule has 0 radical (unpaired) electrons. The van der Waals surface area contributed by atoms with E-state index in [4.69, 9.17) is 9.15 Å². The summed E-state index contributed by atoms with van der Waals surface area (Å²) in [4.78, 5) is 11.4. The van der Waals surface area contributed by atoms with Crippen molar-refractivity contribution in [2.75, 3.05) is 19.8 Å². The number of oxazole rings is 1. The SMILES string of the molecule is Cn1c(=O)oc2cc(CC3COCCN3)ccc21. The average molecular weight is 248 g/mol. The number of fused-ring (bicyclic) bond motifs is 1. The summed E-state index contributed by atoms with van der Waals surface area (Å²) in [5.74, 6) is -0.318. The maximum absolute atomic E-state index is 11.4. The lowest BCUT2D eigenvalue weighted by molar-refractivity contribution is 0.0770. The normalized spacial score (nSPS) is 20.4. The van der Waals surface area contributed by atoms with Crippen LogP contribution in [0.1, 0.15) is 5.56 Å². The maximum Gasteiger partial charge on any atom is 0.419 e. The molecule has 18 heavy (non-hydrogen) atoms. The van der Waals surface area contributed by atoms with Gasteiger partial charge in [-0.2, -0.15) is 0 Å². The van der Waals surface area contributed by atoms with Crippen LogP contribution in [0.2, 0.25) is 0 Å². The number of ether oxygens (including phenoxy) is 1. The number of aromatic nitrogens is 1. The van der Waals surface area contributed by atoms with Gasteiger partial charge < -0.3 is 14.5 Å². The Morgan fingerprint density at radius 2 is 2.39 bits per heavy atom. The number of aryl methyl sites for hydroxylation is 1. The van der Waals surface area contributed by atoms with Crippen LogP contribution >= 0.6 is 0 Å². The van der Waals surface area contributed by atoms with E-state index in [0.29, 0.717) is 11.6 Å². The maximum atomic E-state index is 11.4. The van der Waals surface area contributed by atoms with Crippen LogP contribution < -0.4 is 11.1 Å². The standard InChI is InChI=1S/C13H16N2O3/c1-15-11-3-2-9(7-12(11)18-13(15)16)6-10-8-17-5-4-14-10/h2-3,7,10,14H,4-6,8H2,1H3. The number of hydrogen-bond acceptors (Lipinski definition) is 4. The van der Waals surface area contributed by atoms with Crippen LogP contribution in [0.4, 0.5) is 0 Å². The molecule has 2 heterocycles. The van der Waals surface area contributed by atoms with Crippen molar-refractivity contribution in [1.29, 1.82) is 0 Å². The van der Waals surface area contributed by atoms with Crippen LogP contribution in [0.15, 0.2) is 27.4 Å². The summed E-state index contributed by atoms with van der Waals surface area (Å²) in [5.41, 5.74) is 2.63. The first kappa shape index (κ1) is 11.5. The van der Waals surface area contributed by atoms with Gasteiger partial charge in [-0.1, -0.05) is 6.07 Å². The first-order chi connectivity index (χ1) is 8.74. The van der Waals surface area contributed by atoms with Gasteiger partial charge in [-0.3, -0.25) is 4.57 Å². The molecule has 0 aliphatic carbocycles. The molecular formula is C13H16N2O3. The van der Waals surface area contributed by atoms with Gasteiger partial charge in [0.05, 0.1) is 18.7 Å². The highest BCUT2D eigenvalue weighted by Gasteiger charge is 2.14. The summed E-state index contributed by atoms with van der Waals surface area (Å²) in [7, 11) is 1.71. The number of rotatable bonds is 2. The highest BCUT2D eigenvalue weighted by molar-refractivity contribution is 5.73. The second-order valence-corrected chi connectivity index (χ2v) is 4.66. The Morgan fingerprint density at radius 3 is 3.17 bits per heavy atom.